The minimum absolute atomic E-state index is 0.00331. The van der Waals surface area contributed by atoms with Gasteiger partial charge in [-0.05, 0) is 66.7 Å². The number of furan rings is 2. The molecule has 0 radical (unpaired) electrons. The number of anilines is 5. The van der Waals surface area contributed by atoms with Crippen molar-refractivity contribution in [3.8, 4) is 17.2 Å². The Kier molecular flexibility index (Phi) is 13.8. The average Bonchev–Trinajstić information content (AvgIpc) is 3.76. The summed E-state index contributed by atoms with van der Waals surface area (Å²) in [6.45, 7) is 1.14. The third-order valence-corrected chi connectivity index (χ3v) is 6.09. The molecule has 0 fully saturated rings. The summed E-state index contributed by atoms with van der Waals surface area (Å²) in [6.07, 6.45) is -6.37. The first kappa shape index (κ1) is 41.1. The Hall–Kier alpha value is -7.10. The van der Waals surface area contributed by atoms with Crippen LogP contribution in [0.1, 0.15) is 44.7 Å². The van der Waals surface area contributed by atoms with Crippen LogP contribution in [0.25, 0.3) is 11.1 Å². The van der Waals surface area contributed by atoms with Gasteiger partial charge >= 0.3 is 24.3 Å². The van der Waals surface area contributed by atoms with Gasteiger partial charge in [-0.15, -0.1) is 0 Å². The first-order chi connectivity index (χ1) is 24.1. The second-order valence-electron chi connectivity index (χ2n) is 10.00. The number of amides is 1. The first-order valence-corrected chi connectivity index (χ1v) is 14.0. The van der Waals surface area contributed by atoms with Crippen molar-refractivity contribution < 1.29 is 59.8 Å². The van der Waals surface area contributed by atoms with Crippen LogP contribution < -0.4 is 28.3 Å². The molecule has 2 heterocycles. The van der Waals surface area contributed by atoms with Gasteiger partial charge in [0, 0.05) is 40.8 Å². The number of carboxylic acids is 2. The van der Waals surface area contributed by atoms with E-state index >= 15 is 0 Å². The molecular formula is C33H28F6N6O7. The van der Waals surface area contributed by atoms with E-state index in [1.807, 2.05) is 6.07 Å². The number of carbonyl (C=O) groups excluding carboxylic acids is 1. The van der Waals surface area contributed by atoms with Crippen molar-refractivity contribution in [3.05, 3.63) is 114 Å². The summed E-state index contributed by atoms with van der Waals surface area (Å²) in [5.41, 5.74) is 20.3. The Morgan fingerprint density at radius 1 is 0.712 bits per heavy atom. The van der Waals surface area contributed by atoms with Crippen molar-refractivity contribution in [1.29, 1.82) is 5.26 Å². The molecule has 52 heavy (non-hydrogen) atoms. The number of benzene rings is 3. The maximum atomic E-state index is 12.5. The van der Waals surface area contributed by atoms with Crippen LogP contribution in [0.15, 0.2) is 94.2 Å². The molecule has 0 unspecified atom stereocenters. The summed E-state index contributed by atoms with van der Waals surface area (Å²) in [7, 11) is 0. The summed E-state index contributed by atoms with van der Waals surface area (Å²) in [5, 5.41) is 28.2. The van der Waals surface area contributed by atoms with E-state index in [2.05, 4.69) is 9.73 Å². The van der Waals surface area contributed by atoms with Crippen molar-refractivity contribution in [3.63, 3.8) is 0 Å². The summed E-state index contributed by atoms with van der Waals surface area (Å²) >= 11 is 0. The Bertz CT molecular complexity index is 2050. The molecule has 274 valence electrons. The quantitative estimate of drug-likeness (QED) is 0.0715. The number of nitrogens with two attached hydrogens (primary N) is 4. The second kappa shape index (κ2) is 17.5. The van der Waals surface area contributed by atoms with Gasteiger partial charge in [-0.25, -0.2) is 9.59 Å². The van der Waals surface area contributed by atoms with E-state index in [0.29, 0.717) is 22.4 Å². The second-order valence-corrected chi connectivity index (χ2v) is 10.00. The lowest BCUT2D eigenvalue weighted by atomic mass is 10.00. The van der Waals surface area contributed by atoms with Gasteiger partial charge in [0.15, 0.2) is 0 Å². The fraction of sp³-hybridized carbons (Fsp3) is 0.0909. The zero-order chi connectivity index (χ0) is 39.4. The van der Waals surface area contributed by atoms with Gasteiger partial charge in [-0.2, -0.15) is 31.6 Å². The highest BCUT2D eigenvalue weighted by atomic mass is 19.4. The Morgan fingerprint density at radius 2 is 1.27 bits per heavy atom. The van der Waals surface area contributed by atoms with Crippen molar-refractivity contribution in [2.75, 3.05) is 28.3 Å². The minimum Gasteiger partial charge on any atom is -0.475 e. The lowest BCUT2D eigenvalue weighted by Gasteiger charge is -2.13. The Morgan fingerprint density at radius 3 is 1.73 bits per heavy atom. The monoisotopic (exact) mass is 734 g/mol. The molecule has 0 saturated heterocycles. The predicted molar refractivity (Wildman–Crippen MR) is 176 cm³/mol. The molecular weight excluding hydrogens is 706 g/mol. The molecule has 0 aliphatic heterocycles. The minimum atomic E-state index is -4.53. The number of alkyl halides is 6. The number of carboxylic acid groups (broad SMARTS) is 2. The third-order valence-electron chi connectivity index (χ3n) is 6.09. The van der Waals surface area contributed by atoms with E-state index in [1.165, 1.54) is 48.9 Å². The molecule has 13 nitrogen and oxygen atoms in total. The number of carbonyl (C=O) groups is 3. The number of nitrogen functional groups attached to an aromatic ring is 4. The number of nitriles is 1. The van der Waals surface area contributed by atoms with Crippen molar-refractivity contribution in [2.45, 2.75) is 19.3 Å². The average molecular weight is 735 g/mol. The number of nitrogens with one attached hydrogen (secondary N) is 1. The zero-order valence-electron chi connectivity index (χ0n) is 26.5. The highest BCUT2D eigenvalue weighted by Gasteiger charge is 2.34. The van der Waals surface area contributed by atoms with E-state index in [-0.39, 0.29) is 34.3 Å². The molecule has 0 atom stereocenters. The molecule has 2 aromatic heterocycles. The number of halogens is 6. The van der Waals surface area contributed by atoms with Crippen LogP contribution in [0, 0.1) is 11.3 Å². The van der Waals surface area contributed by atoms with E-state index in [0.717, 1.165) is 31.2 Å². The number of hydrogen-bond donors (Lipinski definition) is 7. The summed E-state index contributed by atoms with van der Waals surface area (Å²) in [6, 6.07) is 17.6. The molecule has 5 rings (SSSR count). The highest BCUT2D eigenvalue weighted by Crippen LogP contribution is 2.36. The van der Waals surface area contributed by atoms with Crippen LogP contribution in [-0.4, -0.2) is 28.1 Å². The molecule has 0 aliphatic rings. The molecule has 0 bridgehead atoms. The lowest BCUT2D eigenvalue weighted by molar-refractivity contribution is -0.137. The Labute approximate surface area is 289 Å². The molecule has 0 spiro atoms. The summed E-state index contributed by atoms with van der Waals surface area (Å²) in [5.74, 6) is -2.98. The predicted octanol–water partition coefficient (Wildman–Crippen LogP) is 7.19. The van der Waals surface area contributed by atoms with Crippen molar-refractivity contribution in [1.82, 2.24) is 0 Å². The van der Waals surface area contributed by atoms with Gasteiger partial charge < -0.3 is 47.3 Å². The number of rotatable bonds is 4. The van der Waals surface area contributed by atoms with E-state index < -0.39 is 41.3 Å². The van der Waals surface area contributed by atoms with Gasteiger partial charge in [0.1, 0.15) is 0 Å². The fourth-order valence-electron chi connectivity index (χ4n) is 3.89. The largest absolute Gasteiger partial charge is 0.475 e. The maximum Gasteiger partial charge on any atom is 0.418 e. The maximum absolute atomic E-state index is 12.5. The molecule has 1 amide bonds. The normalized spacial score (nSPS) is 10.5. The molecule has 3 aromatic carbocycles. The van der Waals surface area contributed by atoms with Crippen LogP contribution >= 0.6 is 0 Å². The number of hydrogen-bond acceptors (Lipinski definition) is 10. The van der Waals surface area contributed by atoms with Crippen LogP contribution in [0.2, 0.25) is 0 Å². The van der Waals surface area contributed by atoms with Gasteiger partial charge in [-0.3, -0.25) is 4.79 Å². The van der Waals surface area contributed by atoms with Gasteiger partial charge in [0.05, 0.1) is 41.0 Å². The molecule has 11 N–H and O–H groups in total. The van der Waals surface area contributed by atoms with Gasteiger partial charge in [0.2, 0.25) is 17.4 Å². The van der Waals surface area contributed by atoms with E-state index in [9.17, 15) is 40.7 Å². The zero-order valence-corrected chi connectivity index (χ0v) is 26.5. The first-order valence-electron chi connectivity index (χ1n) is 14.0. The van der Waals surface area contributed by atoms with Crippen LogP contribution in [0.4, 0.5) is 54.8 Å². The van der Waals surface area contributed by atoms with E-state index in [4.69, 9.17) is 42.8 Å². The van der Waals surface area contributed by atoms with Crippen LogP contribution in [0.5, 0.6) is 0 Å². The summed E-state index contributed by atoms with van der Waals surface area (Å²) in [4.78, 5) is 31.6. The summed E-state index contributed by atoms with van der Waals surface area (Å²) < 4.78 is 83.1. The third kappa shape index (κ3) is 12.1. The van der Waals surface area contributed by atoms with Crippen LogP contribution in [0.3, 0.4) is 0 Å². The standard InChI is InChI=1S/C12H8N2O3.C9H9F3N2O.C7H7F3N2.C5H4O3/c13-6-7-5-8(14)1-2-9(7)10-3-4-17-11(10)12(15)16;1-5(15)14-8-3-2-6(13)4-7(8)9(10,11)12;8-7(9,10)5-3-4(11)1-2-6(5)12;6-5(7)4-2-1-3-8-4/h1-5H,14H2,(H,15,16);2-4H,13H2,1H3,(H,14,15);1-3H,11-12H2;1-3H,(H,6,7). The highest BCUT2D eigenvalue weighted by molar-refractivity contribution is 5.94. The molecule has 0 saturated carbocycles. The van der Waals surface area contributed by atoms with Gasteiger partial charge in [-0.1, -0.05) is 6.07 Å². The Balaban J connectivity index is 0.000000248. The van der Waals surface area contributed by atoms with Crippen molar-refractivity contribution >= 4 is 46.3 Å². The smallest absolute Gasteiger partial charge is 0.418 e. The molecule has 5 aromatic rings. The number of aromatic carboxylic acids is 2. The molecule has 0 aliphatic carbocycles. The fourth-order valence-corrected chi connectivity index (χ4v) is 3.89. The van der Waals surface area contributed by atoms with Gasteiger partial charge in [0.25, 0.3) is 0 Å². The van der Waals surface area contributed by atoms with Crippen molar-refractivity contribution in [2.24, 2.45) is 0 Å². The molecule has 19 heteroatoms. The topological polar surface area (TPSA) is 258 Å². The number of nitrogens with zero attached hydrogens (tertiary/aromatic N) is 1. The SMILES string of the molecule is CC(=O)Nc1ccc(N)cc1C(F)(F)F.N#Cc1cc(N)ccc1-c1ccoc1C(=O)O.Nc1ccc(N)c(C(F)(F)F)c1.O=C(O)c1ccco1. The van der Waals surface area contributed by atoms with Crippen LogP contribution in [-0.2, 0) is 17.1 Å². The lowest BCUT2D eigenvalue weighted by Crippen LogP contribution is -2.14. The van der Waals surface area contributed by atoms with E-state index in [1.54, 1.807) is 12.1 Å².